The van der Waals surface area contributed by atoms with Crippen molar-refractivity contribution < 1.29 is 8.78 Å². The Balaban J connectivity index is 2.25. The zero-order valence-corrected chi connectivity index (χ0v) is 9.17. The van der Waals surface area contributed by atoms with Gasteiger partial charge in [-0.2, -0.15) is 5.10 Å². The van der Waals surface area contributed by atoms with Crippen LogP contribution in [0.3, 0.4) is 0 Å². The molecule has 0 saturated heterocycles. The highest BCUT2D eigenvalue weighted by Gasteiger charge is 2.14. The van der Waals surface area contributed by atoms with Crippen molar-refractivity contribution >= 4 is 11.4 Å². The van der Waals surface area contributed by atoms with E-state index in [-0.39, 0.29) is 17.4 Å². The lowest BCUT2D eigenvalue weighted by Gasteiger charge is -2.15. The second kappa shape index (κ2) is 4.40. The predicted octanol–water partition coefficient (Wildman–Crippen LogP) is 2.44. The second-order valence-electron chi connectivity index (χ2n) is 3.76. The van der Waals surface area contributed by atoms with Crippen LogP contribution in [-0.4, -0.2) is 10.2 Å². The highest BCUT2D eigenvalue weighted by atomic mass is 19.1. The Kier molecular flexibility index (Phi) is 2.95. The van der Waals surface area contributed by atoms with Gasteiger partial charge in [0.1, 0.15) is 5.69 Å². The molecule has 0 aliphatic rings. The number of nitrogens with one attached hydrogen (secondary N) is 2. The first kappa shape index (κ1) is 11.4. The molecule has 0 aliphatic carbocycles. The van der Waals surface area contributed by atoms with E-state index in [1.165, 1.54) is 0 Å². The number of aromatic amines is 1. The molecular formula is C11H12F2N4. The highest BCUT2D eigenvalue weighted by molar-refractivity contribution is 5.54. The van der Waals surface area contributed by atoms with Gasteiger partial charge in [-0.3, -0.25) is 5.10 Å². The summed E-state index contributed by atoms with van der Waals surface area (Å²) in [5.74, 6) is -1.42. The molecule has 1 unspecified atom stereocenters. The standard InChI is InChI=1S/C11H12F2N4/c1-6(7-4-15-16-5-7)17-11-9(12)2-8(14)3-10(11)13/h2-6,17H,14H2,1H3,(H,15,16). The van der Waals surface area contributed by atoms with Crippen molar-refractivity contribution in [2.75, 3.05) is 11.1 Å². The molecule has 0 fully saturated rings. The quantitative estimate of drug-likeness (QED) is 0.719. The van der Waals surface area contributed by atoms with Crippen LogP contribution in [0.1, 0.15) is 18.5 Å². The van der Waals surface area contributed by atoms with Crippen LogP contribution in [-0.2, 0) is 0 Å². The first-order chi connectivity index (χ1) is 8.08. The number of nitrogens with two attached hydrogens (primary N) is 1. The molecule has 1 aromatic carbocycles. The van der Waals surface area contributed by atoms with Crippen LogP contribution < -0.4 is 11.1 Å². The molecule has 0 bridgehead atoms. The molecule has 0 radical (unpaired) electrons. The molecule has 90 valence electrons. The first-order valence-corrected chi connectivity index (χ1v) is 5.07. The van der Waals surface area contributed by atoms with Crippen molar-refractivity contribution in [3.8, 4) is 0 Å². The zero-order valence-electron chi connectivity index (χ0n) is 9.17. The monoisotopic (exact) mass is 238 g/mol. The summed E-state index contributed by atoms with van der Waals surface area (Å²) in [6.07, 6.45) is 3.25. The SMILES string of the molecule is CC(Nc1c(F)cc(N)cc1F)c1cn[nH]c1. The van der Waals surface area contributed by atoms with E-state index < -0.39 is 11.6 Å². The maximum Gasteiger partial charge on any atom is 0.151 e. The number of nitrogens with zero attached hydrogens (tertiary/aromatic N) is 1. The van der Waals surface area contributed by atoms with Gasteiger partial charge >= 0.3 is 0 Å². The van der Waals surface area contributed by atoms with Crippen LogP contribution in [0, 0.1) is 11.6 Å². The van der Waals surface area contributed by atoms with Gasteiger partial charge in [-0.05, 0) is 19.1 Å². The molecule has 4 N–H and O–H groups in total. The minimum absolute atomic E-state index is 0.0570. The maximum atomic E-state index is 13.5. The second-order valence-corrected chi connectivity index (χ2v) is 3.76. The Bertz CT molecular complexity index is 487. The summed E-state index contributed by atoms with van der Waals surface area (Å²) in [7, 11) is 0. The lowest BCUT2D eigenvalue weighted by Crippen LogP contribution is -2.09. The van der Waals surface area contributed by atoms with Gasteiger partial charge < -0.3 is 11.1 Å². The minimum Gasteiger partial charge on any atom is -0.399 e. The van der Waals surface area contributed by atoms with Crippen molar-refractivity contribution in [2.45, 2.75) is 13.0 Å². The molecular weight excluding hydrogens is 226 g/mol. The van der Waals surface area contributed by atoms with E-state index >= 15 is 0 Å². The molecule has 0 spiro atoms. The molecule has 0 amide bonds. The van der Waals surface area contributed by atoms with Gasteiger partial charge in [0.2, 0.25) is 0 Å². The number of rotatable bonds is 3. The fourth-order valence-corrected chi connectivity index (χ4v) is 1.53. The molecule has 1 aromatic heterocycles. The lowest BCUT2D eigenvalue weighted by molar-refractivity contribution is 0.585. The summed E-state index contributed by atoms with van der Waals surface area (Å²) in [5.41, 5.74) is 6.01. The lowest BCUT2D eigenvalue weighted by atomic mass is 10.1. The fourth-order valence-electron chi connectivity index (χ4n) is 1.53. The molecule has 0 saturated carbocycles. The van der Waals surface area contributed by atoms with Gasteiger partial charge in [-0.25, -0.2) is 8.78 Å². The Morgan fingerprint density at radius 2 is 2.00 bits per heavy atom. The van der Waals surface area contributed by atoms with E-state index in [0.717, 1.165) is 17.7 Å². The van der Waals surface area contributed by atoms with Crippen LogP contribution in [0.4, 0.5) is 20.2 Å². The normalized spacial score (nSPS) is 12.4. The number of aromatic nitrogens is 2. The Morgan fingerprint density at radius 3 is 2.53 bits per heavy atom. The molecule has 4 nitrogen and oxygen atoms in total. The van der Waals surface area contributed by atoms with E-state index in [9.17, 15) is 8.78 Å². The summed E-state index contributed by atoms with van der Waals surface area (Å²) >= 11 is 0. The van der Waals surface area contributed by atoms with Crippen molar-refractivity contribution in [1.29, 1.82) is 0 Å². The topological polar surface area (TPSA) is 66.7 Å². The third-order valence-corrected chi connectivity index (χ3v) is 2.44. The number of anilines is 2. The van der Waals surface area contributed by atoms with Crippen LogP contribution in [0.2, 0.25) is 0 Å². The molecule has 6 heteroatoms. The summed E-state index contributed by atoms with van der Waals surface area (Å²) in [6, 6.07) is 1.89. The highest BCUT2D eigenvalue weighted by Crippen LogP contribution is 2.25. The van der Waals surface area contributed by atoms with Crippen molar-refractivity contribution in [2.24, 2.45) is 0 Å². The van der Waals surface area contributed by atoms with Gasteiger partial charge in [0.15, 0.2) is 11.6 Å². The number of hydrogen-bond acceptors (Lipinski definition) is 3. The smallest absolute Gasteiger partial charge is 0.151 e. The van der Waals surface area contributed by atoms with Gasteiger partial charge in [0, 0.05) is 17.4 Å². The summed E-state index contributed by atoms with van der Waals surface area (Å²) in [5, 5.41) is 9.15. The van der Waals surface area contributed by atoms with E-state index in [2.05, 4.69) is 15.5 Å². The van der Waals surface area contributed by atoms with E-state index in [1.54, 1.807) is 19.3 Å². The van der Waals surface area contributed by atoms with E-state index in [0.29, 0.717) is 0 Å². The predicted molar refractivity (Wildman–Crippen MR) is 61.4 cm³/mol. The zero-order chi connectivity index (χ0) is 12.4. The number of hydrogen-bond donors (Lipinski definition) is 3. The largest absolute Gasteiger partial charge is 0.399 e. The average molecular weight is 238 g/mol. The van der Waals surface area contributed by atoms with E-state index in [1.807, 2.05) is 0 Å². The average Bonchev–Trinajstić information content (AvgIpc) is 2.76. The van der Waals surface area contributed by atoms with Crippen molar-refractivity contribution in [1.82, 2.24) is 10.2 Å². The third-order valence-electron chi connectivity index (χ3n) is 2.44. The van der Waals surface area contributed by atoms with Crippen LogP contribution in [0.15, 0.2) is 24.5 Å². The fraction of sp³-hybridized carbons (Fsp3) is 0.182. The maximum absolute atomic E-state index is 13.5. The number of nitrogen functional groups attached to an aromatic ring is 1. The third kappa shape index (κ3) is 2.35. The Morgan fingerprint density at radius 1 is 1.35 bits per heavy atom. The van der Waals surface area contributed by atoms with E-state index in [4.69, 9.17) is 5.73 Å². The van der Waals surface area contributed by atoms with Crippen molar-refractivity contribution in [3.05, 3.63) is 41.7 Å². The van der Waals surface area contributed by atoms with Gasteiger partial charge in [0.05, 0.1) is 12.2 Å². The Hall–Kier alpha value is -2.11. The molecule has 1 atom stereocenters. The van der Waals surface area contributed by atoms with Crippen LogP contribution >= 0.6 is 0 Å². The molecule has 17 heavy (non-hydrogen) atoms. The summed E-state index contributed by atoms with van der Waals surface area (Å²) in [4.78, 5) is 0. The number of halogens is 2. The molecule has 2 aromatic rings. The van der Waals surface area contributed by atoms with Crippen molar-refractivity contribution in [3.63, 3.8) is 0 Å². The summed E-state index contributed by atoms with van der Waals surface area (Å²) < 4.78 is 27.0. The van der Waals surface area contributed by atoms with Gasteiger partial charge in [0.25, 0.3) is 0 Å². The Labute approximate surface area is 96.8 Å². The minimum atomic E-state index is -0.710. The first-order valence-electron chi connectivity index (χ1n) is 5.07. The van der Waals surface area contributed by atoms with Gasteiger partial charge in [-0.1, -0.05) is 0 Å². The van der Waals surface area contributed by atoms with Crippen LogP contribution in [0.5, 0.6) is 0 Å². The molecule has 2 rings (SSSR count). The van der Waals surface area contributed by atoms with Gasteiger partial charge in [-0.15, -0.1) is 0 Å². The number of H-pyrrole nitrogens is 1. The molecule has 0 aliphatic heterocycles. The molecule has 1 heterocycles. The van der Waals surface area contributed by atoms with Crippen LogP contribution in [0.25, 0.3) is 0 Å². The number of benzene rings is 1. The summed E-state index contributed by atoms with van der Waals surface area (Å²) in [6.45, 7) is 1.78.